The normalized spacial score (nSPS) is 10.1. The van der Waals surface area contributed by atoms with E-state index in [0.29, 0.717) is 0 Å². The topological polar surface area (TPSA) is 61.0 Å². The average molecular weight is 223 g/mol. The van der Waals surface area contributed by atoms with Crippen molar-refractivity contribution in [2.24, 2.45) is 0 Å². The zero-order valence-corrected chi connectivity index (χ0v) is 8.02. The third-order valence-electron chi connectivity index (χ3n) is 1.75. The van der Waals surface area contributed by atoms with Crippen LogP contribution in [-0.4, -0.2) is 9.97 Å². The second-order valence-electron chi connectivity index (χ2n) is 2.94. The smallest absolute Gasteiger partial charge is 0.323 e. The lowest BCUT2D eigenvalue weighted by atomic mass is 10.3. The fourth-order valence-corrected chi connectivity index (χ4v) is 1.06. The van der Waals surface area contributed by atoms with Crippen molar-refractivity contribution in [1.29, 1.82) is 0 Å². The Morgan fingerprint density at radius 1 is 1.19 bits per heavy atom. The van der Waals surface area contributed by atoms with E-state index in [2.05, 4.69) is 9.97 Å². The number of nitrogen functional groups attached to an aromatic ring is 1. The molecule has 0 radical (unpaired) electrons. The van der Waals surface area contributed by atoms with E-state index >= 15 is 0 Å². The van der Waals surface area contributed by atoms with E-state index in [0.717, 1.165) is 18.2 Å². The van der Waals surface area contributed by atoms with E-state index in [-0.39, 0.29) is 17.6 Å². The zero-order chi connectivity index (χ0) is 11.5. The molecule has 0 fully saturated rings. The van der Waals surface area contributed by atoms with Gasteiger partial charge in [0.25, 0.3) is 0 Å². The van der Waals surface area contributed by atoms with Gasteiger partial charge in [0.05, 0.1) is 0 Å². The molecule has 82 valence electrons. The lowest BCUT2D eigenvalue weighted by Gasteiger charge is -2.04. The van der Waals surface area contributed by atoms with Gasteiger partial charge >= 0.3 is 6.01 Å². The van der Waals surface area contributed by atoms with Gasteiger partial charge in [-0.1, -0.05) is 0 Å². The van der Waals surface area contributed by atoms with E-state index in [1.54, 1.807) is 0 Å². The van der Waals surface area contributed by atoms with Crippen LogP contribution in [0.2, 0.25) is 0 Å². The fraction of sp³-hybridized carbons (Fsp3) is 0. The molecule has 0 bridgehead atoms. The molecule has 0 saturated heterocycles. The number of rotatable bonds is 2. The van der Waals surface area contributed by atoms with Crippen LogP contribution in [0.5, 0.6) is 11.8 Å². The van der Waals surface area contributed by atoms with E-state index in [4.69, 9.17) is 10.5 Å². The highest BCUT2D eigenvalue weighted by molar-refractivity contribution is 5.30. The zero-order valence-electron chi connectivity index (χ0n) is 8.02. The summed E-state index contributed by atoms with van der Waals surface area (Å²) >= 11 is 0. The Bertz CT molecular complexity index is 519. The molecule has 1 aromatic carbocycles. The largest absolute Gasteiger partial charge is 0.421 e. The summed E-state index contributed by atoms with van der Waals surface area (Å²) in [6.45, 7) is 0. The molecule has 16 heavy (non-hydrogen) atoms. The molecule has 6 heteroatoms. The molecule has 2 rings (SSSR count). The maximum Gasteiger partial charge on any atom is 0.323 e. The number of hydrogen-bond acceptors (Lipinski definition) is 4. The molecule has 1 heterocycles. The minimum Gasteiger partial charge on any atom is -0.421 e. The molecule has 0 atom stereocenters. The van der Waals surface area contributed by atoms with Gasteiger partial charge in [-0.25, -0.2) is 13.8 Å². The van der Waals surface area contributed by atoms with Crippen LogP contribution in [0, 0.1) is 11.6 Å². The molecular formula is C10H7F2N3O. The van der Waals surface area contributed by atoms with Gasteiger partial charge < -0.3 is 10.5 Å². The predicted octanol–water partition coefficient (Wildman–Crippen LogP) is 2.13. The molecule has 0 amide bonds. The first-order valence-corrected chi connectivity index (χ1v) is 4.36. The molecule has 0 spiro atoms. The Labute approximate surface area is 89.7 Å². The SMILES string of the molecule is Nc1ccnc(Oc2cc(F)ccc2F)n1. The maximum atomic E-state index is 13.2. The Morgan fingerprint density at radius 3 is 2.75 bits per heavy atom. The highest BCUT2D eigenvalue weighted by Gasteiger charge is 2.08. The Morgan fingerprint density at radius 2 is 2.00 bits per heavy atom. The van der Waals surface area contributed by atoms with Crippen LogP contribution >= 0.6 is 0 Å². The standard InChI is InChI=1S/C10H7F2N3O/c11-6-1-2-7(12)8(5-6)16-10-14-4-3-9(13)15-10/h1-5H,(H2,13,14,15). The second-order valence-corrected chi connectivity index (χ2v) is 2.94. The van der Waals surface area contributed by atoms with Crippen LogP contribution in [-0.2, 0) is 0 Å². The summed E-state index contributed by atoms with van der Waals surface area (Å²) in [5.41, 5.74) is 5.38. The third kappa shape index (κ3) is 2.22. The molecule has 0 aliphatic rings. The first kappa shape index (κ1) is 10.3. The minimum atomic E-state index is -0.701. The minimum absolute atomic E-state index is 0.135. The van der Waals surface area contributed by atoms with Gasteiger partial charge in [-0.2, -0.15) is 4.98 Å². The highest BCUT2D eigenvalue weighted by Crippen LogP contribution is 2.22. The number of nitrogens with two attached hydrogens (primary N) is 1. The monoisotopic (exact) mass is 223 g/mol. The number of benzene rings is 1. The van der Waals surface area contributed by atoms with Crippen LogP contribution in [0.15, 0.2) is 30.5 Å². The van der Waals surface area contributed by atoms with Crippen molar-refractivity contribution in [3.8, 4) is 11.8 Å². The molecule has 0 saturated carbocycles. The Hall–Kier alpha value is -2.24. The Balaban J connectivity index is 2.30. The van der Waals surface area contributed by atoms with Crippen molar-refractivity contribution >= 4 is 5.82 Å². The van der Waals surface area contributed by atoms with Crippen LogP contribution in [0.25, 0.3) is 0 Å². The number of halogens is 2. The first-order valence-electron chi connectivity index (χ1n) is 4.36. The van der Waals surface area contributed by atoms with Crippen LogP contribution in [0.4, 0.5) is 14.6 Å². The first-order chi connectivity index (χ1) is 7.65. The van der Waals surface area contributed by atoms with Crippen molar-refractivity contribution < 1.29 is 13.5 Å². The van der Waals surface area contributed by atoms with Crippen molar-refractivity contribution in [1.82, 2.24) is 9.97 Å². The third-order valence-corrected chi connectivity index (χ3v) is 1.75. The average Bonchev–Trinajstić information content (AvgIpc) is 2.24. The van der Waals surface area contributed by atoms with E-state index < -0.39 is 11.6 Å². The van der Waals surface area contributed by atoms with Crippen molar-refractivity contribution in [3.63, 3.8) is 0 Å². The van der Waals surface area contributed by atoms with E-state index in [1.807, 2.05) is 0 Å². The summed E-state index contributed by atoms with van der Waals surface area (Å²) in [5, 5.41) is 0. The van der Waals surface area contributed by atoms with Gasteiger partial charge in [-0.15, -0.1) is 0 Å². The number of anilines is 1. The predicted molar refractivity (Wildman–Crippen MR) is 52.9 cm³/mol. The number of aromatic nitrogens is 2. The van der Waals surface area contributed by atoms with E-state index in [9.17, 15) is 8.78 Å². The fourth-order valence-electron chi connectivity index (χ4n) is 1.06. The van der Waals surface area contributed by atoms with Gasteiger partial charge in [0.15, 0.2) is 11.6 Å². The lowest BCUT2D eigenvalue weighted by Crippen LogP contribution is -1.97. The number of hydrogen-bond donors (Lipinski definition) is 1. The molecule has 0 aliphatic carbocycles. The number of ether oxygens (including phenoxy) is 1. The maximum absolute atomic E-state index is 13.2. The van der Waals surface area contributed by atoms with Gasteiger partial charge in [0, 0.05) is 12.3 Å². The van der Waals surface area contributed by atoms with E-state index in [1.165, 1.54) is 12.3 Å². The molecular weight excluding hydrogens is 216 g/mol. The van der Waals surface area contributed by atoms with Gasteiger partial charge in [0.1, 0.15) is 11.6 Å². The molecule has 0 unspecified atom stereocenters. The quantitative estimate of drug-likeness (QED) is 0.847. The number of nitrogens with zero attached hydrogens (tertiary/aromatic N) is 2. The van der Waals surface area contributed by atoms with Crippen molar-refractivity contribution in [3.05, 3.63) is 42.1 Å². The summed E-state index contributed by atoms with van der Waals surface area (Å²) in [6, 6.07) is 4.17. The summed E-state index contributed by atoms with van der Waals surface area (Å²) in [6.07, 6.45) is 1.36. The molecule has 1 aromatic heterocycles. The summed E-state index contributed by atoms with van der Waals surface area (Å²) in [7, 11) is 0. The summed E-state index contributed by atoms with van der Waals surface area (Å²) in [5.74, 6) is -1.42. The highest BCUT2D eigenvalue weighted by atomic mass is 19.1. The van der Waals surface area contributed by atoms with Gasteiger partial charge in [-0.3, -0.25) is 0 Å². The van der Waals surface area contributed by atoms with Crippen LogP contribution in [0.1, 0.15) is 0 Å². The molecule has 0 aliphatic heterocycles. The van der Waals surface area contributed by atoms with Crippen LogP contribution in [0.3, 0.4) is 0 Å². The second kappa shape index (κ2) is 4.09. The van der Waals surface area contributed by atoms with Gasteiger partial charge in [-0.05, 0) is 18.2 Å². The van der Waals surface area contributed by atoms with Crippen LogP contribution < -0.4 is 10.5 Å². The molecule has 4 nitrogen and oxygen atoms in total. The van der Waals surface area contributed by atoms with Crippen molar-refractivity contribution in [2.75, 3.05) is 5.73 Å². The molecule has 2 aromatic rings. The molecule has 2 N–H and O–H groups in total. The summed E-state index contributed by atoms with van der Waals surface area (Å²) in [4.78, 5) is 7.40. The van der Waals surface area contributed by atoms with Crippen molar-refractivity contribution in [2.45, 2.75) is 0 Å². The summed E-state index contributed by atoms with van der Waals surface area (Å²) < 4.78 is 30.9. The lowest BCUT2D eigenvalue weighted by molar-refractivity contribution is 0.407. The Kier molecular flexibility index (Phi) is 2.63. The van der Waals surface area contributed by atoms with Gasteiger partial charge in [0.2, 0.25) is 0 Å².